The van der Waals surface area contributed by atoms with Gasteiger partial charge in [-0.1, -0.05) is 6.07 Å². The molecule has 0 saturated carbocycles. The summed E-state index contributed by atoms with van der Waals surface area (Å²) in [4.78, 5) is 12.9. The molecular formula is C14H18N4O2. The number of aromatic nitrogens is 3. The Labute approximate surface area is 118 Å². The van der Waals surface area contributed by atoms with Crippen molar-refractivity contribution in [3.8, 4) is 11.8 Å². The summed E-state index contributed by atoms with van der Waals surface area (Å²) in [6.45, 7) is 3.86. The number of hydrogen-bond donors (Lipinski definition) is 1. The van der Waals surface area contributed by atoms with Crippen molar-refractivity contribution in [2.75, 3.05) is 14.2 Å². The van der Waals surface area contributed by atoms with Gasteiger partial charge < -0.3 is 15.2 Å². The number of nitrogens with two attached hydrogens (primary N) is 1. The van der Waals surface area contributed by atoms with E-state index in [1.165, 1.54) is 20.4 Å². The van der Waals surface area contributed by atoms with E-state index in [0.717, 1.165) is 17.0 Å². The molecule has 0 spiro atoms. The minimum absolute atomic E-state index is 0.358. The van der Waals surface area contributed by atoms with Gasteiger partial charge in [0.05, 0.1) is 26.5 Å². The highest BCUT2D eigenvalue weighted by Crippen LogP contribution is 2.27. The Hall–Kier alpha value is -2.21. The first-order chi connectivity index (χ1) is 9.56. The molecule has 0 aliphatic heterocycles. The van der Waals surface area contributed by atoms with Gasteiger partial charge in [0.2, 0.25) is 11.8 Å². The number of ether oxygens (including phenoxy) is 2. The molecule has 6 heteroatoms. The van der Waals surface area contributed by atoms with Gasteiger partial charge in [0.15, 0.2) is 0 Å². The average molecular weight is 274 g/mol. The number of rotatable bonds is 4. The fourth-order valence-electron chi connectivity index (χ4n) is 2.00. The van der Waals surface area contributed by atoms with Crippen LogP contribution in [-0.4, -0.2) is 29.2 Å². The molecule has 20 heavy (non-hydrogen) atoms. The first-order valence-electron chi connectivity index (χ1n) is 6.21. The molecule has 2 aromatic rings. The Morgan fingerprint density at radius 1 is 1.10 bits per heavy atom. The number of pyridine rings is 1. The summed E-state index contributed by atoms with van der Waals surface area (Å²) in [7, 11) is 3.05. The van der Waals surface area contributed by atoms with Crippen LogP contribution in [0.4, 0.5) is 0 Å². The third-order valence-corrected chi connectivity index (χ3v) is 3.04. The summed E-state index contributed by atoms with van der Waals surface area (Å²) in [6, 6.07) is 3.43. The third-order valence-electron chi connectivity index (χ3n) is 3.04. The van der Waals surface area contributed by atoms with Crippen LogP contribution in [0.15, 0.2) is 18.3 Å². The molecule has 0 aromatic carbocycles. The molecule has 0 saturated heterocycles. The molecule has 0 aliphatic rings. The molecule has 2 rings (SSSR count). The van der Waals surface area contributed by atoms with Crippen molar-refractivity contribution in [1.82, 2.24) is 15.0 Å². The maximum atomic E-state index is 6.27. The van der Waals surface area contributed by atoms with Crippen LogP contribution < -0.4 is 15.2 Å². The molecule has 2 aromatic heterocycles. The lowest BCUT2D eigenvalue weighted by atomic mass is 10.0. The summed E-state index contributed by atoms with van der Waals surface area (Å²) in [5, 5.41) is 0. The summed E-state index contributed by atoms with van der Waals surface area (Å²) < 4.78 is 10.3. The molecule has 106 valence electrons. The van der Waals surface area contributed by atoms with Gasteiger partial charge in [0, 0.05) is 11.4 Å². The highest BCUT2D eigenvalue weighted by Gasteiger charge is 2.20. The molecule has 0 aliphatic carbocycles. The lowest BCUT2D eigenvalue weighted by Gasteiger charge is -2.16. The van der Waals surface area contributed by atoms with E-state index < -0.39 is 6.04 Å². The molecule has 0 bridgehead atoms. The Kier molecular flexibility index (Phi) is 4.14. The predicted octanol–water partition coefficient (Wildman–Crippen LogP) is 1.55. The minimum Gasteiger partial charge on any atom is -0.480 e. The maximum absolute atomic E-state index is 6.27. The second-order valence-electron chi connectivity index (χ2n) is 4.41. The zero-order chi connectivity index (χ0) is 14.7. The van der Waals surface area contributed by atoms with E-state index in [1.54, 1.807) is 0 Å². The number of methoxy groups -OCH3 is 2. The summed E-state index contributed by atoms with van der Waals surface area (Å²) >= 11 is 0. The first kappa shape index (κ1) is 14.2. The van der Waals surface area contributed by atoms with E-state index in [4.69, 9.17) is 15.2 Å². The fraction of sp³-hybridized carbons (Fsp3) is 0.357. The number of nitrogens with zero attached hydrogens (tertiary/aromatic N) is 3. The van der Waals surface area contributed by atoms with Crippen molar-refractivity contribution in [1.29, 1.82) is 0 Å². The zero-order valence-electron chi connectivity index (χ0n) is 12.0. The molecule has 2 heterocycles. The van der Waals surface area contributed by atoms with Gasteiger partial charge in [-0.15, -0.1) is 0 Å². The van der Waals surface area contributed by atoms with Crippen LogP contribution in [0, 0.1) is 13.8 Å². The van der Waals surface area contributed by atoms with Gasteiger partial charge in [-0.3, -0.25) is 4.98 Å². The monoisotopic (exact) mass is 274 g/mol. The highest BCUT2D eigenvalue weighted by atomic mass is 16.5. The standard InChI is InChI=1S/C14H18N4O2/c1-8-5-6-10(9(2)17-8)12(15)13-14(20-4)18-11(19-3)7-16-13/h5-7,12H,15H2,1-4H3. The Balaban J connectivity index is 2.44. The van der Waals surface area contributed by atoms with Crippen LogP contribution in [0.1, 0.15) is 28.7 Å². The van der Waals surface area contributed by atoms with E-state index in [0.29, 0.717) is 17.5 Å². The van der Waals surface area contributed by atoms with Crippen molar-refractivity contribution in [2.24, 2.45) is 5.73 Å². The fourth-order valence-corrected chi connectivity index (χ4v) is 2.00. The van der Waals surface area contributed by atoms with Crippen LogP contribution in [-0.2, 0) is 0 Å². The lowest BCUT2D eigenvalue weighted by molar-refractivity contribution is 0.355. The summed E-state index contributed by atoms with van der Waals surface area (Å²) in [5.41, 5.74) is 9.55. The van der Waals surface area contributed by atoms with E-state index >= 15 is 0 Å². The van der Waals surface area contributed by atoms with Crippen molar-refractivity contribution in [3.05, 3.63) is 41.0 Å². The van der Waals surface area contributed by atoms with Crippen LogP contribution in [0.2, 0.25) is 0 Å². The maximum Gasteiger partial charge on any atom is 0.240 e. The molecule has 1 unspecified atom stereocenters. The van der Waals surface area contributed by atoms with E-state index in [2.05, 4.69) is 15.0 Å². The van der Waals surface area contributed by atoms with Gasteiger partial charge in [0.1, 0.15) is 5.69 Å². The minimum atomic E-state index is -0.448. The second-order valence-corrected chi connectivity index (χ2v) is 4.41. The van der Waals surface area contributed by atoms with Crippen LogP contribution in [0.25, 0.3) is 0 Å². The van der Waals surface area contributed by atoms with Crippen molar-refractivity contribution < 1.29 is 9.47 Å². The van der Waals surface area contributed by atoms with Gasteiger partial charge in [-0.2, -0.15) is 4.98 Å². The van der Waals surface area contributed by atoms with E-state index in [-0.39, 0.29) is 0 Å². The normalized spacial score (nSPS) is 12.1. The predicted molar refractivity (Wildman–Crippen MR) is 74.9 cm³/mol. The largest absolute Gasteiger partial charge is 0.480 e. The van der Waals surface area contributed by atoms with Gasteiger partial charge >= 0.3 is 0 Å². The molecule has 0 radical (unpaired) electrons. The molecule has 2 N–H and O–H groups in total. The zero-order valence-corrected chi connectivity index (χ0v) is 12.0. The SMILES string of the molecule is COc1cnc(C(N)c2ccc(C)nc2C)c(OC)n1. The molecular weight excluding hydrogens is 256 g/mol. The smallest absolute Gasteiger partial charge is 0.240 e. The molecule has 0 amide bonds. The van der Waals surface area contributed by atoms with Crippen molar-refractivity contribution in [3.63, 3.8) is 0 Å². The summed E-state index contributed by atoms with van der Waals surface area (Å²) in [6.07, 6.45) is 1.52. The van der Waals surface area contributed by atoms with Crippen LogP contribution in [0.3, 0.4) is 0 Å². The van der Waals surface area contributed by atoms with Crippen LogP contribution in [0.5, 0.6) is 11.8 Å². The van der Waals surface area contributed by atoms with Gasteiger partial charge in [0.25, 0.3) is 0 Å². The molecule has 0 fully saturated rings. The average Bonchev–Trinajstić information content (AvgIpc) is 2.46. The Bertz CT molecular complexity index is 616. The topological polar surface area (TPSA) is 83.2 Å². The van der Waals surface area contributed by atoms with Gasteiger partial charge in [-0.25, -0.2) is 4.98 Å². The Morgan fingerprint density at radius 3 is 2.45 bits per heavy atom. The quantitative estimate of drug-likeness (QED) is 0.910. The number of aryl methyl sites for hydroxylation is 2. The van der Waals surface area contributed by atoms with Crippen molar-refractivity contribution >= 4 is 0 Å². The van der Waals surface area contributed by atoms with Gasteiger partial charge in [-0.05, 0) is 25.5 Å². The van der Waals surface area contributed by atoms with E-state index in [1.807, 2.05) is 26.0 Å². The first-order valence-corrected chi connectivity index (χ1v) is 6.21. The highest BCUT2D eigenvalue weighted by molar-refractivity contribution is 5.36. The lowest BCUT2D eigenvalue weighted by Crippen LogP contribution is -2.17. The third kappa shape index (κ3) is 2.70. The second kappa shape index (κ2) is 5.83. The number of hydrogen-bond acceptors (Lipinski definition) is 6. The van der Waals surface area contributed by atoms with E-state index in [9.17, 15) is 0 Å². The van der Waals surface area contributed by atoms with Crippen LogP contribution >= 0.6 is 0 Å². The Morgan fingerprint density at radius 2 is 1.85 bits per heavy atom. The summed E-state index contributed by atoms with van der Waals surface area (Å²) in [5.74, 6) is 0.744. The molecule has 6 nitrogen and oxygen atoms in total. The molecule has 1 atom stereocenters. The van der Waals surface area contributed by atoms with Crippen molar-refractivity contribution in [2.45, 2.75) is 19.9 Å².